The van der Waals surface area contributed by atoms with Gasteiger partial charge in [0.1, 0.15) is 0 Å². The molecule has 0 aromatic heterocycles. The van der Waals surface area contributed by atoms with Crippen molar-refractivity contribution in [2.24, 2.45) is 5.92 Å². The third-order valence-electron chi connectivity index (χ3n) is 2.10. The molecule has 60 valence electrons. The Morgan fingerprint density at radius 1 is 1.40 bits per heavy atom. The molecule has 0 bridgehead atoms. The summed E-state index contributed by atoms with van der Waals surface area (Å²) >= 11 is 0. The van der Waals surface area contributed by atoms with Crippen LogP contribution in [-0.4, -0.2) is 26.8 Å². The fourth-order valence-corrected chi connectivity index (χ4v) is 1.49. The summed E-state index contributed by atoms with van der Waals surface area (Å²) in [5, 5.41) is 3.38. The number of hydrogen-bond acceptors (Lipinski definition) is 2. The second-order valence-corrected chi connectivity index (χ2v) is 3.00. The lowest BCUT2D eigenvalue weighted by atomic mass is 10.0. The lowest BCUT2D eigenvalue weighted by Gasteiger charge is -2.10. The van der Waals surface area contributed by atoms with Crippen LogP contribution in [0.4, 0.5) is 0 Å². The lowest BCUT2D eigenvalue weighted by molar-refractivity contribution is 0.146. The van der Waals surface area contributed by atoms with E-state index in [1.807, 2.05) is 0 Å². The smallest absolute Gasteiger partial charge is 0.0490 e. The molecule has 1 N–H and O–H groups in total. The first kappa shape index (κ1) is 8.02. The van der Waals surface area contributed by atoms with Crippen LogP contribution in [0.1, 0.15) is 19.3 Å². The van der Waals surface area contributed by atoms with Crippen LogP contribution < -0.4 is 5.32 Å². The maximum absolute atomic E-state index is 5.11. The summed E-state index contributed by atoms with van der Waals surface area (Å²) in [6.07, 6.45) is 3.93. The van der Waals surface area contributed by atoms with E-state index >= 15 is 0 Å². The zero-order valence-electron chi connectivity index (χ0n) is 6.73. The van der Waals surface area contributed by atoms with Gasteiger partial charge in [-0.25, -0.2) is 0 Å². The second kappa shape index (κ2) is 4.69. The molecule has 1 fully saturated rings. The largest absolute Gasteiger partial charge is 0.384 e. The highest BCUT2D eigenvalue weighted by Crippen LogP contribution is 2.12. The molecule has 0 saturated carbocycles. The fraction of sp³-hybridized carbons (Fsp3) is 1.00. The number of rotatable bonds is 2. The molecular formula is C8H17NO. The van der Waals surface area contributed by atoms with Gasteiger partial charge >= 0.3 is 0 Å². The quantitative estimate of drug-likeness (QED) is 0.623. The highest BCUT2D eigenvalue weighted by atomic mass is 16.5. The van der Waals surface area contributed by atoms with E-state index in [0.29, 0.717) is 0 Å². The van der Waals surface area contributed by atoms with Gasteiger partial charge in [-0.3, -0.25) is 0 Å². The molecule has 0 aromatic rings. The average molecular weight is 143 g/mol. The predicted molar refractivity (Wildman–Crippen MR) is 42.1 cm³/mol. The van der Waals surface area contributed by atoms with E-state index < -0.39 is 0 Å². The molecule has 0 unspecified atom stereocenters. The summed E-state index contributed by atoms with van der Waals surface area (Å²) in [6, 6.07) is 0. The van der Waals surface area contributed by atoms with E-state index in [9.17, 15) is 0 Å². The third kappa shape index (κ3) is 2.67. The predicted octanol–water partition coefficient (Wildman–Crippen LogP) is 1.02. The van der Waals surface area contributed by atoms with Crippen LogP contribution in [0.15, 0.2) is 0 Å². The minimum Gasteiger partial charge on any atom is -0.384 e. The molecule has 2 nitrogen and oxygen atoms in total. The second-order valence-electron chi connectivity index (χ2n) is 3.00. The van der Waals surface area contributed by atoms with Gasteiger partial charge < -0.3 is 10.1 Å². The normalized spacial score (nSPS) is 27.9. The van der Waals surface area contributed by atoms with Crippen LogP contribution in [0, 0.1) is 5.92 Å². The monoisotopic (exact) mass is 143 g/mol. The van der Waals surface area contributed by atoms with E-state index in [4.69, 9.17) is 4.74 Å². The molecule has 0 aliphatic carbocycles. The Bertz CT molecular complexity index is 77.3. The molecule has 0 amide bonds. The fourth-order valence-electron chi connectivity index (χ4n) is 1.49. The van der Waals surface area contributed by atoms with Crippen molar-refractivity contribution >= 4 is 0 Å². The van der Waals surface area contributed by atoms with Crippen LogP contribution in [0.2, 0.25) is 0 Å². The van der Waals surface area contributed by atoms with Gasteiger partial charge in [0.2, 0.25) is 0 Å². The van der Waals surface area contributed by atoms with Crippen LogP contribution in [0.5, 0.6) is 0 Å². The van der Waals surface area contributed by atoms with Crippen molar-refractivity contribution in [3.63, 3.8) is 0 Å². The summed E-state index contributed by atoms with van der Waals surface area (Å²) in [4.78, 5) is 0. The number of methoxy groups -OCH3 is 1. The van der Waals surface area contributed by atoms with Crippen molar-refractivity contribution in [3.8, 4) is 0 Å². The first-order chi connectivity index (χ1) is 4.93. The summed E-state index contributed by atoms with van der Waals surface area (Å²) in [6.45, 7) is 3.32. The average Bonchev–Trinajstić information content (AvgIpc) is 2.17. The Balaban J connectivity index is 2.15. The van der Waals surface area contributed by atoms with Gasteiger partial charge in [0.05, 0.1) is 0 Å². The van der Waals surface area contributed by atoms with E-state index in [2.05, 4.69) is 5.32 Å². The summed E-state index contributed by atoms with van der Waals surface area (Å²) in [5.74, 6) is 0.806. The molecule has 2 heteroatoms. The summed E-state index contributed by atoms with van der Waals surface area (Å²) in [5.41, 5.74) is 0. The Morgan fingerprint density at radius 3 is 3.10 bits per heavy atom. The van der Waals surface area contributed by atoms with E-state index in [1.54, 1.807) is 7.11 Å². The molecule has 0 spiro atoms. The van der Waals surface area contributed by atoms with Crippen molar-refractivity contribution in [1.82, 2.24) is 5.32 Å². The van der Waals surface area contributed by atoms with Crippen molar-refractivity contribution in [1.29, 1.82) is 0 Å². The zero-order valence-corrected chi connectivity index (χ0v) is 6.73. The van der Waals surface area contributed by atoms with Crippen LogP contribution >= 0.6 is 0 Å². The van der Waals surface area contributed by atoms with Crippen LogP contribution in [0.25, 0.3) is 0 Å². The van der Waals surface area contributed by atoms with Crippen molar-refractivity contribution in [2.75, 3.05) is 26.8 Å². The molecular weight excluding hydrogens is 126 g/mol. The maximum Gasteiger partial charge on any atom is 0.0490 e. The van der Waals surface area contributed by atoms with Crippen molar-refractivity contribution in [3.05, 3.63) is 0 Å². The summed E-state index contributed by atoms with van der Waals surface area (Å²) in [7, 11) is 1.79. The van der Waals surface area contributed by atoms with Crippen molar-refractivity contribution in [2.45, 2.75) is 19.3 Å². The van der Waals surface area contributed by atoms with Gasteiger partial charge in [0.25, 0.3) is 0 Å². The number of nitrogens with one attached hydrogen (secondary N) is 1. The van der Waals surface area contributed by atoms with Crippen molar-refractivity contribution < 1.29 is 4.74 Å². The molecule has 1 aliphatic rings. The van der Waals surface area contributed by atoms with Gasteiger partial charge in [0.15, 0.2) is 0 Å². The standard InChI is InChI=1S/C8H17NO/c1-10-7-8-3-2-5-9-6-4-8/h8-9H,2-7H2,1H3/t8-/m1/s1. The van der Waals surface area contributed by atoms with Gasteiger partial charge in [-0.1, -0.05) is 0 Å². The van der Waals surface area contributed by atoms with E-state index in [0.717, 1.165) is 12.5 Å². The first-order valence-corrected chi connectivity index (χ1v) is 4.13. The maximum atomic E-state index is 5.11. The Morgan fingerprint density at radius 2 is 2.30 bits per heavy atom. The Kier molecular flexibility index (Phi) is 3.76. The number of ether oxygens (including phenoxy) is 1. The minimum absolute atomic E-state index is 0.806. The Hall–Kier alpha value is -0.0800. The number of hydrogen-bond donors (Lipinski definition) is 1. The minimum atomic E-state index is 0.806. The molecule has 1 atom stereocenters. The molecule has 1 aliphatic heterocycles. The summed E-state index contributed by atoms with van der Waals surface area (Å²) < 4.78 is 5.11. The van der Waals surface area contributed by atoms with Gasteiger partial charge in [-0.2, -0.15) is 0 Å². The van der Waals surface area contributed by atoms with Crippen LogP contribution in [-0.2, 0) is 4.74 Å². The highest BCUT2D eigenvalue weighted by Gasteiger charge is 2.10. The SMILES string of the molecule is COC[C@@H]1CCCNCC1. The van der Waals surface area contributed by atoms with Gasteiger partial charge in [0, 0.05) is 13.7 Å². The molecule has 1 rings (SSSR count). The van der Waals surface area contributed by atoms with Gasteiger partial charge in [-0.05, 0) is 38.3 Å². The molecule has 1 saturated heterocycles. The van der Waals surface area contributed by atoms with E-state index in [-0.39, 0.29) is 0 Å². The zero-order chi connectivity index (χ0) is 7.23. The first-order valence-electron chi connectivity index (χ1n) is 4.13. The lowest BCUT2D eigenvalue weighted by Crippen LogP contribution is -2.15. The molecule has 1 heterocycles. The van der Waals surface area contributed by atoms with E-state index in [1.165, 1.54) is 32.4 Å². The Labute approximate surface area is 63.0 Å². The highest BCUT2D eigenvalue weighted by molar-refractivity contribution is 4.65. The molecule has 0 radical (unpaired) electrons. The van der Waals surface area contributed by atoms with Crippen LogP contribution in [0.3, 0.4) is 0 Å². The molecule has 0 aromatic carbocycles. The molecule has 10 heavy (non-hydrogen) atoms. The van der Waals surface area contributed by atoms with Gasteiger partial charge in [-0.15, -0.1) is 0 Å². The topological polar surface area (TPSA) is 21.3 Å². The third-order valence-corrected chi connectivity index (χ3v) is 2.10.